The summed E-state index contributed by atoms with van der Waals surface area (Å²) in [6.07, 6.45) is 2.29. The first kappa shape index (κ1) is 25.2. The number of methoxy groups -OCH3 is 1. The first-order valence-electron chi connectivity index (χ1n) is 10.7. The Hall–Kier alpha value is -1.44. The maximum atomic E-state index is 12.6. The van der Waals surface area contributed by atoms with Crippen LogP contribution >= 0.6 is 22.6 Å². The molecule has 1 aliphatic heterocycles. The van der Waals surface area contributed by atoms with Crippen molar-refractivity contribution in [2.45, 2.75) is 50.2 Å². The second kappa shape index (κ2) is 12.1. The molecule has 10 heteroatoms. The molecular weight excluding hydrogens is 531 g/mol. The first-order chi connectivity index (χ1) is 15.5. The number of hydrogen-bond donors (Lipinski definition) is 5. The molecule has 9 nitrogen and oxygen atoms in total. The summed E-state index contributed by atoms with van der Waals surface area (Å²) < 4.78 is 18.0. The molecule has 1 aromatic rings. The number of nitrogens with one attached hydrogen (secondary N) is 2. The van der Waals surface area contributed by atoms with E-state index in [0.29, 0.717) is 39.2 Å². The third kappa shape index (κ3) is 6.33. The molecule has 0 bridgehead atoms. The average molecular weight is 562 g/mol. The number of ether oxygens (including phenoxy) is 3. The quantitative estimate of drug-likeness (QED) is 0.261. The Morgan fingerprint density at radius 3 is 2.81 bits per heavy atom. The third-order valence-electron chi connectivity index (χ3n) is 5.60. The van der Waals surface area contributed by atoms with Gasteiger partial charge in [-0.3, -0.25) is 4.79 Å². The molecular formula is C22H31IN2O7. The second-order valence-electron chi connectivity index (χ2n) is 7.87. The van der Waals surface area contributed by atoms with Crippen LogP contribution in [0.2, 0.25) is 0 Å². The molecule has 0 saturated carbocycles. The van der Waals surface area contributed by atoms with E-state index < -0.39 is 18.2 Å². The van der Waals surface area contributed by atoms with Gasteiger partial charge in [0.15, 0.2) is 11.5 Å². The summed E-state index contributed by atoms with van der Waals surface area (Å²) >= 11 is 2.09. The van der Waals surface area contributed by atoms with Gasteiger partial charge in [0.1, 0.15) is 12.2 Å². The zero-order valence-electron chi connectivity index (χ0n) is 18.1. The topological polar surface area (TPSA) is 130 Å². The van der Waals surface area contributed by atoms with Crippen LogP contribution in [0.25, 0.3) is 0 Å². The van der Waals surface area contributed by atoms with Crippen molar-refractivity contribution < 1.29 is 34.3 Å². The van der Waals surface area contributed by atoms with Crippen molar-refractivity contribution in [3.05, 3.63) is 32.9 Å². The predicted molar refractivity (Wildman–Crippen MR) is 126 cm³/mol. The molecule has 0 aromatic heterocycles. The highest BCUT2D eigenvalue weighted by atomic mass is 127. The Morgan fingerprint density at radius 1 is 1.34 bits per heavy atom. The Morgan fingerprint density at radius 2 is 2.16 bits per heavy atom. The average Bonchev–Trinajstić information content (AvgIpc) is 3.32. The number of carbonyl (C=O) groups excluding carboxylic acids is 1. The summed E-state index contributed by atoms with van der Waals surface area (Å²) in [7, 11) is 1.51. The lowest BCUT2D eigenvalue weighted by molar-refractivity contribution is -0.118. The second-order valence-corrected chi connectivity index (χ2v) is 9.03. The molecule has 178 valence electrons. The van der Waals surface area contributed by atoms with Gasteiger partial charge >= 0.3 is 0 Å². The number of halogens is 1. The minimum atomic E-state index is -0.913. The lowest BCUT2D eigenvalue weighted by Crippen LogP contribution is -2.53. The van der Waals surface area contributed by atoms with E-state index >= 15 is 0 Å². The molecule has 4 atom stereocenters. The fraction of sp³-hybridized carbons (Fsp3) is 0.591. The molecule has 2 aliphatic rings. The molecule has 1 saturated heterocycles. The van der Waals surface area contributed by atoms with Crippen molar-refractivity contribution in [3.8, 4) is 11.5 Å². The number of carbonyl (C=O) groups is 1. The minimum Gasteiger partial charge on any atom is -0.493 e. The van der Waals surface area contributed by atoms with Crippen molar-refractivity contribution in [1.29, 1.82) is 0 Å². The molecule has 1 amide bonds. The van der Waals surface area contributed by atoms with Gasteiger partial charge in [-0.25, -0.2) is 0 Å². The molecule has 4 unspecified atom stereocenters. The summed E-state index contributed by atoms with van der Waals surface area (Å²) in [6.45, 7) is 1.17. The van der Waals surface area contributed by atoms with Crippen LogP contribution in [0.4, 0.5) is 0 Å². The van der Waals surface area contributed by atoms with E-state index in [2.05, 4.69) is 33.2 Å². The Labute approximate surface area is 201 Å². The minimum absolute atomic E-state index is 0.0891. The SMILES string of the molecule is COc1cc(CO)cc(I)c1OC1C=C(C(=O)NCCO)CC(NCC2CCCO2)C1O. The number of aliphatic hydroxyl groups excluding tert-OH is 3. The Balaban J connectivity index is 1.83. The van der Waals surface area contributed by atoms with Crippen LogP contribution in [0, 0.1) is 3.57 Å². The Bertz CT molecular complexity index is 814. The largest absolute Gasteiger partial charge is 0.493 e. The zero-order valence-corrected chi connectivity index (χ0v) is 20.2. The van der Waals surface area contributed by atoms with Crippen molar-refractivity contribution in [1.82, 2.24) is 10.6 Å². The zero-order chi connectivity index (χ0) is 23.1. The molecule has 1 aromatic carbocycles. The van der Waals surface area contributed by atoms with E-state index in [0.717, 1.165) is 19.4 Å². The highest BCUT2D eigenvalue weighted by Gasteiger charge is 2.36. The van der Waals surface area contributed by atoms with Gasteiger partial charge in [0.25, 0.3) is 0 Å². The summed E-state index contributed by atoms with van der Waals surface area (Å²) in [5.41, 5.74) is 1.15. The standard InChI is InChI=1S/C22H31IN2O7/c1-30-19-8-13(12-27)7-16(23)21(19)32-18-10-14(22(29)24-4-5-26)9-17(20(18)28)25-11-15-3-2-6-31-15/h7-8,10,15,17-18,20,25-28H,2-6,9,11-12H2,1H3,(H,24,29). The lowest BCUT2D eigenvalue weighted by atomic mass is 9.89. The maximum absolute atomic E-state index is 12.6. The molecule has 1 fully saturated rings. The van der Waals surface area contributed by atoms with Crippen LogP contribution in [0.5, 0.6) is 11.5 Å². The summed E-state index contributed by atoms with van der Waals surface area (Å²) in [4.78, 5) is 12.6. The van der Waals surface area contributed by atoms with Crippen molar-refractivity contribution >= 4 is 28.5 Å². The molecule has 0 radical (unpaired) electrons. The van der Waals surface area contributed by atoms with Crippen LogP contribution in [-0.2, 0) is 16.1 Å². The van der Waals surface area contributed by atoms with E-state index in [1.165, 1.54) is 7.11 Å². The van der Waals surface area contributed by atoms with Gasteiger partial charge in [-0.2, -0.15) is 0 Å². The van der Waals surface area contributed by atoms with E-state index in [4.69, 9.17) is 19.3 Å². The summed E-state index contributed by atoms with van der Waals surface area (Å²) in [5, 5.41) is 35.6. The highest BCUT2D eigenvalue weighted by Crippen LogP contribution is 2.36. The fourth-order valence-corrected chi connectivity index (χ4v) is 4.70. The van der Waals surface area contributed by atoms with Crippen LogP contribution in [0.15, 0.2) is 23.8 Å². The van der Waals surface area contributed by atoms with E-state index in [9.17, 15) is 15.0 Å². The van der Waals surface area contributed by atoms with Crippen LogP contribution in [0.3, 0.4) is 0 Å². The van der Waals surface area contributed by atoms with Crippen molar-refractivity contribution in [3.63, 3.8) is 0 Å². The molecule has 32 heavy (non-hydrogen) atoms. The van der Waals surface area contributed by atoms with E-state index in [1.54, 1.807) is 18.2 Å². The van der Waals surface area contributed by atoms with Crippen molar-refractivity contribution in [2.24, 2.45) is 0 Å². The van der Waals surface area contributed by atoms with Crippen molar-refractivity contribution in [2.75, 3.05) is 33.4 Å². The number of benzene rings is 1. The summed E-state index contributed by atoms with van der Waals surface area (Å²) in [5.74, 6) is 0.559. The molecule has 5 N–H and O–H groups in total. The lowest BCUT2D eigenvalue weighted by Gasteiger charge is -2.35. The van der Waals surface area contributed by atoms with Crippen LogP contribution < -0.4 is 20.1 Å². The van der Waals surface area contributed by atoms with Gasteiger partial charge in [-0.15, -0.1) is 0 Å². The molecule has 1 heterocycles. The predicted octanol–water partition coefficient (Wildman–Crippen LogP) is 0.476. The smallest absolute Gasteiger partial charge is 0.247 e. The molecule has 1 aliphatic carbocycles. The summed E-state index contributed by atoms with van der Waals surface area (Å²) in [6, 6.07) is 3.04. The van der Waals surface area contributed by atoms with Gasteiger partial charge in [-0.1, -0.05) is 0 Å². The number of aliphatic hydroxyl groups is 3. The van der Waals surface area contributed by atoms with Gasteiger partial charge < -0.3 is 40.2 Å². The fourth-order valence-electron chi connectivity index (χ4n) is 3.90. The monoisotopic (exact) mass is 562 g/mol. The van der Waals surface area contributed by atoms with Gasteiger partial charge in [0, 0.05) is 31.3 Å². The Kier molecular flexibility index (Phi) is 9.56. The number of amides is 1. The molecule has 3 rings (SSSR count). The number of hydrogen-bond acceptors (Lipinski definition) is 8. The normalized spacial score (nSPS) is 25.3. The van der Waals surface area contributed by atoms with Gasteiger partial charge in [-0.05, 0) is 65.6 Å². The van der Waals surface area contributed by atoms with Gasteiger partial charge in [0.2, 0.25) is 5.91 Å². The molecule has 0 spiro atoms. The van der Waals surface area contributed by atoms with Gasteiger partial charge in [0.05, 0.1) is 30.0 Å². The maximum Gasteiger partial charge on any atom is 0.247 e. The highest BCUT2D eigenvalue weighted by molar-refractivity contribution is 14.1. The van der Waals surface area contributed by atoms with Crippen LogP contribution in [-0.4, -0.2) is 79.0 Å². The number of rotatable bonds is 10. The van der Waals surface area contributed by atoms with Crippen LogP contribution in [0.1, 0.15) is 24.8 Å². The van der Waals surface area contributed by atoms with E-state index in [1.807, 2.05) is 0 Å². The first-order valence-corrected chi connectivity index (χ1v) is 11.8. The third-order valence-corrected chi connectivity index (χ3v) is 6.40. The van der Waals surface area contributed by atoms with E-state index in [-0.39, 0.29) is 31.8 Å².